The molecule has 0 radical (unpaired) electrons. The molecule has 0 spiro atoms. The first-order valence-electron chi connectivity index (χ1n) is 24.3. The van der Waals surface area contributed by atoms with E-state index in [0.717, 1.165) is 109 Å². The second-order valence-electron chi connectivity index (χ2n) is 17.4. The topological polar surface area (TPSA) is 198 Å². The summed E-state index contributed by atoms with van der Waals surface area (Å²) in [6.45, 7) is 1.30. The van der Waals surface area contributed by atoms with E-state index < -0.39 is 71.6 Å². The molecule has 1 aliphatic heterocycles. The third-order valence-corrected chi connectivity index (χ3v) is 12.3. The van der Waals surface area contributed by atoms with E-state index in [2.05, 4.69) is 48.6 Å². The maximum Gasteiger partial charge on any atom is 1.00 e. The summed E-state index contributed by atoms with van der Waals surface area (Å²) >= 11 is 0. The zero-order valence-electron chi connectivity index (χ0n) is 39.4. The Morgan fingerprint density at radius 2 is 1.14 bits per heavy atom. The van der Waals surface area contributed by atoms with Crippen LogP contribution in [0.4, 0.5) is 0 Å². The molecule has 0 bridgehead atoms. The predicted molar refractivity (Wildman–Crippen MR) is 246 cm³/mol. The number of amides is 1. The minimum atomic E-state index is -5.42. The van der Waals surface area contributed by atoms with Crippen LogP contribution in [0.3, 0.4) is 0 Å². The van der Waals surface area contributed by atoms with Crippen molar-refractivity contribution < 1.29 is 85.5 Å². The monoisotopic (exact) mass is 940 g/mol. The SMILES string of the molecule is CCCCCCCCCCC[C@H](CC(=O)N[C@H]1C(O)O[C@H](CO)[C@@H](OS(=O)(=O)[O-])[C@@H]1OC(=O)CCCCCCCCc1ccccc1)OC(=O)CCCCCCCCc1ccccc1.[Na+]. The van der Waals surface area contributed by atoms with E-state index in [0.29, 0.717) is 19.3 Å². The summed E-state index contributed by atoms with van der Waals surface area (Å²) in [7, 11) is -5.42. The van der Waals surface area contributed by atoms with Crippen molar-refractivity contribution in [3.63, 3.8) is 0 Å². The van der Waals surface area contributed by atoms with Gasteiger partial charge in [0.15, 0.2) is 12.4 Å². The van der Waals surface area contributed by atoms with E-state index in [4.69, 9.17) is 18.4 Å². The standard InChI is InChI=1S/C50H79NO12S.Na/c1-2-3-4-5-6-7-8-15-26-35-42(60-45(54)36-27-16-11-9-13-20-29-40-31-22-18-23-32-40)38-44(53)51-47-49(48(63-64(57,58)59)43(39-52)61-50(47)56)62-46(55)37-28-17-12-10-14-21-30-41-33-24-19-25-34-41;/h18-19,22-25,31-34,42-43,47-50,52,56H,2-17,20-21,26-30,35-39H2,1H3,(H,51,53)(H,57,58,59);/q;+1/p-1/t42-,43-,47-,48-,49-,50?;/m1./s1. The average molecular weight is 940 g/mol. The van der Waals surface area contributed by atoms with Gasteiger partial charge in [-0.1, -0.05) is 170 Å². The third-order valence-electron chi connectivity index (χ3n) is 11.9. The van der Waals surface area contributed by atoms with E-state index in [1.165, 1.54) is 36.8 Å². The van der Waals surface area contributed by atoms with Crippen molar-refractivity contribution in [2.75, 3.05) is 6.61 Å². The molecule has 1 saturated heterocycles. The summed E-state index contributed by atoms with van der Waals surface area (Å²) in [4.78, 5) is 39.9. The van der Waals surface area contributed by atoms with Crippen LogP contribution in [0.1, 0.15) is 179 Å². The molecule has 1 fully saturated rings. The second kappa shape index (κ2) is 35.7. The van der Waals surface area contributed by atoms with Gasteiger partial charge in [-0.05, 0) is 62.5 Å². The Kier molecular flexibility index (Phi) is 32.3. The number of aliphatic hydroxyl groups is 2. The van der Waals surface area contributed by atoms with Crippen LogP contribution in [0.25, 0.3) is 0 Å². The molecule has 2 aromatic rings. The number of aryl methyl sites for hydroxylation is 2. The number of hydrogen-bond acceptors (Lipinski definition) is 12. The number of benzene rings is 2. The maximum absolute atomic E-state index is 13.7. The number of rotatable bonds is 36. The molecule has 3 N–H and O–H groups in total. The molecular weight excluding hydrogens is 862 g/mol. The van der Waals surface area contributed by atoms with E-state index in [1.54, 1.807) is 0 Å². The maximum atomic E-state index is 13.7. The zero-order valence-corrected chi connectivity index (χ0v) is 42.2. The minimum absolute atomic E-state index is 0. The molecule has 1 aliphatic rings. The Labute approximate surface area is 412 Å². The van der Waals surface area contributed by atoms with E-state index >= 15 is 0 Å². The van der Waals surface area contributed by atoms with Crippen molar-refractivity contribution in [3.8, 4) is 0 Å². The van der Waals surface area contributed by atoms with Crippen molar-refractivity contribution >= 4 is 28.2 Å². The fourth-order valence-electron chi connectivity index (χ4n) is 8.31. The van der Waals surface area contributed by atoms with Crippen LogP contribution in [0, 0.1) is 0 Å². The van der Waals surface area contributed by atoms with Crippen molar-refractivity contribution in [3.05, 3.63) is 71.8 Å². The largest absolute Gasteiger partial charge is 1.00 e. The van der Waals surface area contributed by atoms with Gasteiger partial charge in [0.25, 0.3) is 0 Å². The van der Waals surface area contributed by atoms with Crippen molar-refractivity contribution in [1.29, 1.82) is 0 Å². The number of aliphatic hydroxyl groups excluding tert-OH is 2. The number of carbonyl (C=O) groups is 3. The Bertz CT molecular complexity index is 1650. The van der Waals surface area contributed by atoms with Crippen LogP contribution >= 0.6 is 0 Å². The van der Waals surface area contributed by atoms with Gasteiger partial charge in [0.2, 0.25) is 16.3 Å². The molecule has 1 amide bonds. The molecule has 0 saturated carbocycles. The quantitative estimate of drug-likeness (QED) is 0.0233. The first-order valence-corrected chi connectivity index (χ1v) is 25.7. The molecule has 2 aromatic carbocycles. The van der Waals surface area contributed by atoms with Crippen LogP contribution in [0.15, 0.2) is 60.7 Å². The molecule has 1 heterocycles. The molecule has 65 heavy (non-hydrogen) atoms. The first-order chi connectivity index (χ1) is 31.0. The Hall–Kier alpha value is -2.40. The van der Waals surface area contributed by atoms with Crippen molar-refractivity contribution in [1.82, 2.24) is 5.32 Å². The van der Waals surface area contributed by atoms with Gasteiger partial charge in [-0.2, -0.15) is 0 Å². The summed E-state index contributed by atoms with van der Waals surface area (Å²) in [6.07, 6.45) is 15.4. The van der Waals surface area contributed by atoms with E-state index in [1.807, 2.05) is 24.3 Å². The van der Waals surface area contributed by atoms with Crippen LogP contribution in [-0.4, -0.2) is 84.4 Å². The Morgan fingerprint density at radius 3 is 1.63 bits per heavy atom. The van der Waals surface area contributed by atoms with Crippen molar-refractivity contribution in [2.45, 2.75) is 217 Å². The summed E-state index contributed by atoms with van der Waals surface area (Å²) in [5, 5.41) is 23.6. The van der Waals surface area contributed by atoms with Crippen LogP contribution in [-0.2, 0) is 56.0 Å². The van der Waals surface area contributed by atoms with Gasteiger partial charge in [0.05, 0.1) is 13.0 Å². The number of unbranched alkanes of at least 4 members (excludes halogenated alkanes) is 18. The van der Waals surface area contributed by atoms with Crippen LogP contribution < -0.4 is 34.9 Å². The zero-order chi connectivity index (χ0) is 46.3. The first kappa shape index (κ1) is 58.7. The number of ether oxygens (including phenoxy) is 3. The van der Waals surface area contributed by atoms with Gasteiger partial charge < -0.3 is 34.3 Å². The normalized spacial score (nSPS) is 18.9. The number of hydrogen-bond donors (Lipinski definition) is 3. The number of carbonyl (C=O) groups excluding carboxylic acids is 3. The average Bonchev–Trinajstić information content (AvgIpc) is 3.27. The van der Waals surface area contributed by atoms with Crippen molar-refractivity contribution in [2.24, 2.45) is 0 Å². The van der Waals surface area contributed by atoms with E-state index in [-0.39, 0.29) is 48.8 Å². The molecule has 362 valence electrons. The second-order valence-corrected chi connectivity index (χ2v) is 18.4. The molecule has 15 heteroatoms. The molecule has 0 aliphatic carbocycles. The minimum Gasteiger partial charge on any atom is -0.726 e. The molecule has 6 atom stereocenters. The Morgan fingerprint density at radius 1 is 0.677 bits per heavy atom. The molecule has 1 unspecified atom stereocenters. The van der Waals surface area contributed by atoms with E-state index in [9.17, 15) is 37.6 Å². The summed E-state index contributed by atoms with van der Waals surface area (Å²) in [6, 6.07) is 19.1. The van der Waals surface area contributed by atoms with Gasteiger partial charge >= 0.3 is 41.5 Å². The Balaban J connectivity index is 0.0000145. The molecule has 0 aromatic heterocycles. The smallest absolute Gasteiger partial charge is 0.726 e. The summed E-state index contributed by atoms with van der Waals surface area (Å²) < 4.78 is 57.1. The van der Waals surface area contributed by atoms with Gasteiger partial charge in [0.1, 0.15) is 24.4 Å². The number of nitrogens with one attached hydrogen (secondary N) is 1. The number of esters is 2. The van der Waals surface area contributed by atoms with Gasteiger partial charge in [-0.3, -0.25) is 18.6 Å². The predicted octanol–water partition coefficient (Wildman–Crippen LogP) is 6.11. The third kappa shape index (κ3) is 27.3. The van der Waals surface area contributed by atoms with Gasteiger partial charge in [0, 0.05) is 12.8 Å². The van der Waals surface area contributed by atoms with Gasteiger partial charge in [-0.15, -0.1) is 0 Å². The molecular formula is C50H78NNaO12S. The van der Waals surface area contributed by atoms with Crippen LogP contribution in [0.2, 0.25) is 0 Å². The molecule has 3 rings (SSSR count). The fourth-order valence-corrected chi connectivity index (χ4v) is 8.81. The van der Waals surface area contributed by atoms with Gasteiger partial charge in [-0.25, -0.2) is 8.42 Å². The van der Waals surface area contributed by atoms with Crippen LogP contribution in [0.5, 0.6) is 0 Å². The molecule has 13 nitrogen and oxygen atoms in total. The fraction of sp³-hybridized carbons (Fsp3) is 0.700. The summed E-state index contributed by atoms with van der Waals surface area (Å²) in [5.74, 6) is -1.85. The summed E-state index contributed by atoms with van der Waals surface area (Å²) in [5.41, 5.74) is 2.63.